The van der Waals surface area contributed by atoms with Gasteiger partial charge in [0.2, 0.25) is 0 Å². The number of rotatable bonds is 9. The Kier molecular flexibility index (Phi) is 10.0. The first kappa shape index (κ1) is 34.6. The van der Waals surface area contributed by atoms with Crippen molar-refractivity contribution < 1.29 is 32.7 Å². The Balaban J connectivity index is 1.44. The molecule has 0 radical (unpaired) electrons. The zero-order chi connectivity index (χ0) is 35.3. The lowest BCUT2D eigenvalue weighted by atomic mass is 9.86. The number of hydrogen-bond donors (Lipinski definition) is 3. The zero-order valence-corrected chi connectivity index (χ0v) is 27.1. The lowest BCUT2D eigenvalue weighted by Crippen LogP contribution is -2.42. The number of alkyl halides is 3. The fraction of sp³-hybridized carbons (Fsp3) is 0.175. The second-order valence-electron chi connectivity index (χ2n) is 12.8. The summed E-state index contributed by atoms with van der Waals surface area (Å²) in [5, 5.41) is 15.3. The number of benzene rings is 5. The highest BCUT2D eigenvalue weighted by Gasteiger charge is 2.31. The molecular weight excluding hydrogens is 629 g/mol. The second kappa shape index (κ2) is 14.2. The van der Waals surface area contributed by atoms with E-state index in [1.165, 1.54) is 30.3 Å². The summed E-state index contributed by atoms with van der Waals surface area (Å²) in [5.41, 5.74) is 3.36. The molecule has 9 heteroatoms. The Labute approximate surface area is 282 Å². The SMILES string of the molecule is CC(C)(C)c1ccc(C(=O)Nc2ccc(-c3cccc(C(F)(F)F)c3)cc2C(=O)N[C@@H](Cc2ccc(-c3ccccc3)cc2)C(=O)O)cc1. The van der Waals surface area contributed by atoms with Gasteiger partial charge < -0.3 is 15.7 Å². The van der Waals surface area contributed by atoms with Gasteiger partial charge in [-0.05, 0) is 75.2 Å². The topological polar surface area (TPSA) is 95.5 Å². The lowest BCUT2D eigenvalue weighted by Gasteiger charge is -2.19. The van der Waals surface area contributed by atoms with Crippen molar-refractivity contribution in [1.82, 2.24) is 5.32 Å². The van der Waals surface area contributed by atoms with Crippen LogP contribution in [-0.2, 0) is 22.8 Å². The van der Waals surface area contributed by atoms with Crippen molar-refractivity contribution in [3.63, 3.8) is 0 Å². The van der Waals surface area contributed by atoms with Crippen LogP contribution in [0.4, 0.5) is 18.9 Å². The third-order valence-electron chi connectivity index (χ3n) is 8.15. The molecule has 0 bridgehead atoms. The maximum Gasteiger partial charge on any atom is 0.416 e. The smallest absolute Gasteiger partial charge is 0.416 e. The highest BCUT2D eigenvalue weighted by atomic mass is 19.4. The van der Waals surface area contributed by atoms with Crippen LogP contribution in [-0.4, -0.2) is 28.9 Å². The second-order valence-corrected chi connectivity index (χ2v) is 12.8. The predicted molar refractivity (Wildman–Crippen MR) is 184 cm³/mol. The fourth-order valence-corrected chi connectivity index (χ4v) is 5.35. The molecular formula is C40H35F3N2O4. The molecule has 0 saturated carbocycles. The van der Waals surface area contributed by atoms with Crippen LogP contribution in [0.5, 0.6) is 0 Å². The summed E-state index contributed by atoms with van der Waals surface area (Å²) in [4.78, 5) is 39.4. The van der Waals surface area contributed by atoms with E-state index in [1.807, 2.05) is 75.4 Å². The van der Waals surface area contributed by atoms with Crippen LogP contribution in [0.3, 0.4) is 0 Å². The molecule has 5 aromatic rings. The van der Waals surface area contributed by atoms with Crippen LogP contribution >= 0.6 is 0 Å². The van der Waals surface area contributed by atoms with Crippen LogP contribution in [0.25, 0.3) is 22.3 Å². The molecule has 0 aliphatic heterocycles. The molecule has 5 rings (SSSR count). The van der Waals surface area contributed by atoms with Gasteiger partial charge in [0.1, 0.15) is 6.04 Å². The van der Waals surface area contributed by atoms with Crippen molar-refractivity contribution in [1.29, 1.82) is 0 Å². The van der Waals surface area contributed by atoms with E-state index in [4.69, 9.17) is 0 Å². The molecule has 2 amide bonds. The fourth-order valence-electron chi connectivity index (χ4n) is 5.35. The number of anilines is 1. The molecule has 0 fully saturated rings. The third-order valence-corrected chi connectivity index (χ3v) is 8.15. The van der Waals surface area contributed by atoms with Crippen molar-refractivity contribution in [2.45, 2.75) is 44.8 Å². The van der Waals surface area contributed by atoms with Gasteiger partial charge in [0.05, 0.1) is 16.8 Å². The molecule has 0 aliphatic carbocycles. The van der Waals surface area contributed by atoms with Crippen molar-refractivity contribution in [2.75, 3.05) is 5.32 Å². The minimum atomic E-state index is -4.58. The molecule has 5 aromatic carbocycles. The molecule has 250 valence electrons. The van der Waals surface area contributed by atoms with E-state index in [2.05, 4.69) is 10.6 Å². The predicted octanol–water partition coefficient (Wildman–Crippen LogP) is 9.01. The van der Waals surface area contributed by atoms with Crippen LogP contribution in [0.2, 0.25) is 0 Å². The monoisotopic (exact) mass is 664 g/mol. The van der Waals surface area contributed by atoms with Gasteiger partial charge in [-0.15, -0.1) is 0 Å². The average molecular weight is 665 g/mol. The van der Waals surface area contributed by atoms with Gasteiger partial charge >= 0.3 is 12.1 Å². The normalized spacial score (nSPS) is 12.2. The number of carbonyl (C=O) groups excluding carboxylic acids is 2. The Bertz CT molecular complexity index is 1960. The Morgan fingerprint density at radius 1 is 0.653 bits per heavy atom. The maximum absolute atomic E-state index is 13.8. The molecule has 0 aliphatic rings. The molecule has 0 aromatic heterocycles. The number of halogens is 3. The van der Waals surface area contributed by atoms with E-state index in [9.17, 15) is 32.7 Å². The molecule has 1 atom stereocenters. The number of aliphatic carboxylic acids is 1. The number of nitrogens with one attached hydrogen (secondary N) is 2. The first-order valence-corrected chi connectivity index (χ1v) is 15.6. The standard InChI is InChI=1S/C40H35F3N2O4/c1-39(2,3)31-19-16-28(17-20-31)36(46)44-34-21-18-30(29-10-7-11-32(23-29)40(41,42)43)24-33(34)37(47)45-35(38(48)49)22-25-12-14-27(15-13-25)26-8-5-4-6-9-26/h4-21,23-24,35H,22H2,1-3H3,(H,44,46)(H,45,47)(H,48,49)/t35-/m0/s1. The van der Waals surface area contributed by atoms with E-state index >= 15 is 0 Å². The van der Waals surface area contributed by atoms with Crippen LogP contribution < -0.4 is 10.6 Å². The Morgan fingerprint density at radius 2 is 1.24 bits per heavy atom. The average Bonchev–Trinajstić information content (AvgIpc) is 3.08. The number of hydrogen-bond acceptors (Lipinski definition) is 3. The summed E-state index contributed by atoms with van der Waals surface area (Å²) in [5.74, 6) is -2.62. The summed E-state index contributed by atoms with van der Waals surface area (Å²) in [6, 6.07) is 31.5. The van der Waals surface area contributed by atoms with Crippen molar-refractivity contribution in [2.24, 2.45) is 0 Å². The van der Waals surface area contributed by atoms with Crippen LogP contribution in [0.1, 0.15) is 58.2 Å². The lowest BCUT2D eigenvalue weighted by molar-refractivity contribution is -0.139. The molecule has 0 unspecified atom stereocenters. The first-order valence-electron chi connectivity index (χ1n) is 15.6. The van der Waals surface area contributed by atoms with Crippen molar-refractivity contribution >= 4 is 23.5 Å². The Hall–Kier alpha value is -5.70. The number of carboxylic acid groups (broad SMARTS) is 1. The minimum Gasteiger partial charge on any atom is -0.480 e. The number of amides is 2. The summed E-state index contributed by atoms with van der Waals surface area (Å²) in [6.45, 7) is 6.13. The Morgan fingerprint density at radius 3 is 1.86 bits per heavy atom. The van der Waals surface area contributed by atoms with Gasteiger partial charge in [0.15, 0.2) is 0 Å². The molecule has 49 heavy (non-hydrogen) atoms. The van der Waals surface area contributed by atoms with Gasteiger partial charge in [0, 0.05) is 12.0 Å². The van der Waals surface area contributed by atoms with E-state index in [-0.39, 0.29) is 34.2 Å². The highest BCUT2D eigenvalue weighted by Crippen LogP contribution is 2.33. The van der Waals surface area contributed by atoms with Gasteiger partial charge in [-0.3, -0.25) is 9.59 Å². The minimum absolute atomic E-state index is 0.0364. The first-order chi connectivity index (χ1) is 23.2. The van der Waals surface area contributed by atoms with Crippen molar-refractivity contribution in [3.05, 3.63) is 149 Å². The third kappa shape index (κ3) is 8.61. The van der Waals surface area contributed by atoms with Gasteiger partial charge in [-0.1, -0.05) is 106 Å². The largest absolute Gasteiger partial charge is 0.480 e. The van der Waals surface area contributed by atoms with Crippen LogP contribution in [0, 0.1) is 0 Å². The quantitative estimate of drug-likeness (QED) is 0.147. The van der Waals surface area contributed by atoms with Crippen molar-refractivity contribution in [3.8, 4) is 22.3 Å². The molecule has 0 saturated heterocycles. The number of carbonyl (C=O) groups is 3. The van der Waals surface area contributed by atoms with E-state index in [0.29, 0.717) is 11.1 Å². The van der Waals surface area contributed by atoms with Crippen LogP contribution in [0.15, 0.2) is 121 Å². The summed E-state index contributed by atoms with van der Waals surface area (Å²) in [6.07, 6.45) is -4.62. The molecule has 6 nitrogen and oxygen atoms in total. The molecule has 3 N–H and O–H groups in total. The molecule has 0 heterocycles. The number of carboxylic acids is 1. The van der Waals surface area contributed by atoms with E-state index < -0.39 is 35.6 Å². The van der Waals surface area contributed by atoms with Gasteiger partial charge in [-0.2, -0.15) is 13.2 Å². The van der Waals surface area contributed by atoms with E-state index in [0.717, 1.165) is 28.8 Å². The van der Waals surface area contributed by atoms with Gasteiger partial charge in [0.25, 0.3) is 11.8 Å². The highest BCUT2D eigenvalue weighted by molar-refractivity contribution is 6.10. The summed E-state index contributed by atoms with van der Waals surface area (Å²) in [7, 11) is 0. The molecule has 0 spiro atoms. The van der Waals surface area contributed by atoms with Gasteiger partial charge in [-0.25, -0.2) is 4.79 Å². The zero-order valence-electron chi connectivity index (χ0n) is 27.1. The summed E-state index contributed by atoms with van der Waals surface area (Å²) < 4.78 is 40.5. The van der Waals surface area contributed by atoms with E-state index in [1.54, 1.807) is 24.3 Å². The summed E-state index contributed by atoms with van der Waals surface area (Å²) >= 11 is 0. The maximum atomic E-state index is 13.8.